The maximum absolute atomic E-state index is 12.2. The van der Waals surface area contributed by atoms with E-state index in [-0.39, 0.29) is 11.4 Å². The van der Waals surface area contributed by atoms with Crippen LogP contribution in [0.1, 0.15) is 15.9 Å². The number of rotatable bonds is 5. The Bertz CT molecular complexity index is 982. The van der Waals surface area contributed by atoms with Gasteiger partial charge in [0, 0.05) is 23.4 Å². The van der Waals surface area contributed by atoms with E-state index in [9.17, 15) is 14.9 Å². The van der Waals surface area contributed by atoms with E-state index in [0.717, 1.165) is 11.3 Å². The van der Waals surface area contributed by atoms with Crippen LogP contribution >= 0.6 is 11.6 Å². The third-order valence-electron chi connectivity index (χ3n) is 3.59. The predicted molar refractivity (Wildman–Crippen MR) is 103 cm³/mol. The normalized spacial score (nSPS) is 10.7. The number of hydrogen-bond acceptors (Lipinski definition) is 5. The van der Waals surface area contributed by atoms with Crippen molar-refractivity contribution in [3.63, 3.8) is 0 Å². The van der Waals surface area contributed by atoms with E-state index < -0.39 is 10.9 Å². The zero-order valence-corrected chi connectivity index (χ0v) is 14.7. The van der Waals surface area contributed by atoms with Crippen molar-refractivity contribution in [2.24, 2.45) is 4.99 Å². The first kappa shape index (κ1) is 18.3. The molecule has 3 aromatic rings. The first-order chi connectivity index (χ1) is 13.0. The van der Waals surface area contributed by atoms with Gasteiger partial charge in [-0.3, -0.25) is 15.1 Å². The maximum atomic E-state index is 12.2. The van der Waals surface area contributed by atoms with Crippen LogP contribution in [0.2, 0.25) is 5.02 Å². The fourth-order valence-electron chi connectivity index (χ4n) is 2.18. The van der Waals surface area contributed by atoms with Crippen molar-refractivity contribution in [2.75, 3.05) is 0 Å². The van der Waals surface area contributed by atoms with Crippen molar-refractivity contribution < 1.29 is 14.5 Å². The van der Waals surface area contributed by atoms with Crippen LogP contribution < -0.4 is 4.74 Å². The Balaban J connectivity index is 1.64. The number of nitro groups is 1. The van der Waals surface area contributed by atoms with Crippen molar-refractivity contribution in [2.45, 2.75) is 0 Å². The molecule has 0 saturated heterocycles. The molecule has 134 valence electrons. The molecule has 0 atom stereocenters. The molecule has 3 aromatic carbocycles. The number of nitrogens with zero attached hydrogens (tertiary/aromatic N) is 2. The van der Waals surface area contributed by atoms with Gasteiger partial charge in [0.25, 0.3) is 5.69 Å². The zero-order valence-electron chi connectivity index (χ0n) is 13.9. The molecule has 0 aliphatic carbocycles. The summed E-state index contributed by atoms with van der Waals surface area (Å²) in [7, 11) is 0. The minimum atomic E-state index is -0.551. The Morgan fingerprint density at radius 2 is 1.59 bits per heavy atom. The average Bonchev–Trinajstić information content (AvgIpc) is 2.68. The lowest BCUT2D eigenvalue weighted by Crippen LogP contribution is -2.08. The molecule has 0 bridgehead atoms. The largest absolute Gasteiger partial charge is 0.423 e. The average molecular weight is 381 g/mol. The highest BCUT2D eigenvalue weighted by molar-refractivity contribution is 6.30. The summed E-state index contributed by atoms with van der Waals surface area (Å²) in [5.74, 6) is -0.316. The van der Waals surface area contributed by atoms with Crippen LogP contribution in [-0.2, 0) is 0 Å². The second kappa shape index (κ2) is 8.25. The van der Waals surface area contributed by atoms with Gasteiger partial charge in [0.05, 0.1) is 16.2 Å². The van der Waals surface area contributed by atoms with Crippen LogP contribution in [0.4, 0.5) is 11.4 Å². The number of nitro benzene ring substituents is 1. The first-order valence-electron chi connectivity index (χ1n) is 7.87. The highest BCUT2D eigenvalue weighted by atomic mass is 35.5. The quantitative estimate of drug-likeness (QED) is 0.200. The van der Waals surface area contributed by atoms with Gasteiger partial charge in [-0.15, -0.1) is 0 Å². The molecular formula is C20H13ClN2O4. The molecule has 6 nitrogen and oxygen atoms in total. The molecule has 0 aliphatic heterocycles. The van der Waals surface area contributed by atoms with Gasteiger partial charge < -0.3 is 4.74 Å². The number of non-ortho nitro benzene ring substituents is 1. The van der Waals surface area contributed by atoms with E-state index in [1.165, 1.54) is 24.3 Å². The van der Waals surface area contributed by atoms with Gasteiger partial charge in [0.15, 0.2) is 0 Å². The number of carbonyl (C=O) groups is 1. The molecule has 27 heavy (non-hydrogen) atoms. The summed E-state index contributed by atoms with van der Waals surface area (Å²) in [4.78, 5) is 26.6. The van der Waals surface area contributed by atoms with Gasteiger partial charge in [-0.25, -0.2) is 4.79 Å². The number of halogens is 1. The van der Waals surface area contributed by atoms with E-state index >= 15 is 0 Å². The third-order valence-corrected chi connectivity index (χ3v) is 3.85. The van der Waals surface area contributed by atoms with Gasteiger partial charge >= 0.3 is 5.97 Å². The minimum Gasteiger partial charge on any atom is -0.423 e. The number of carbonyl (C=O) groups excluding carboxylic acids is 1. The summed E-state index contributed by atoms with van der Waals surface area (Å²) < 4.78 is 5.21. The molecule has 0 aromatic heterocycles. The Kier molecular flexibility index (Phi) is 5.58. The Labute approximate surface area is 159 Å². The van der Waals surface area contributed by atoms with Crippen LogP contribution in [0.3, 0.4) is 0 Å². The Morgan fingerprint density at radius 3 is 2.19 bits per heavy atom. The molecule has 3 rings (SSSR count). The number of aliphatic imine (C=N–C) groups is 1. The number of esters is 1. The summed E-state index contributed by atoms with van der Waals surface area (Å²) in [6.45, 7) is 0. The van der Waals surface area contributed by atoms with Crippen LogP contribution in [0.15, 0.2) is 77.8 Å². The molecule has 0 unspecified atom stereocenters. The molecule has 0 spiro atoms. The number of hydrogen-bond donors (Lipinski definition) is 0. The third kappa shape index (κ3) is 4.99. The first-order valence-corrected chi connectivity index (χ1v) is 8.25. The van der Waals surface area contributed by atoms with Crippen molar-refractivity contribution in [3.05, 3.63) is 99.1 Å². The van der Waals surface area contributed by atoms with Gasteiger partial charge in [-0.05, 0) is 54.1 Å². The Hall–Kier alpha value is -3.51. The molecule has 0 heterocycles. The predicted octanol–water partition coefficient (Wildman–Crippen LogP) is 5.22. The molecule has 0 amide bonds. The molecule has 7 heteroatoms. The van der Waals surface area contributed by atoms with E-state index in [1.807, 2.05) is 0 Å². The molecule has 0 fully saturated rings. The summed E-state index contributed by atoms with van der Waals surface area (Å²) >= 11 is 5.83. The van der Waals surface area contributed by atoms with Crippen molar-refractivity contribution in [1.29, 1.82) is 0 Å². The van der Waals surface area contributed by atoms with E-state index in [4.69, 9.17) is 16.3 Å². The van der Waals surface area contributed by atoms with Gasteiger partial charge in [0.2, 0.25) is 0 Å². The van der Waals surface area contributed by atoms with Crippen molar-refractivity contribution in [1.82, 2.24) is 0 Å². The van der Waals surface area contributed by atoms with Gasteiger partial charge in [-0.2, -0.15) is 0 Å². The molecule has 0 radical (unpaired) electrons. The minimum absolute atomic E-state index is 0.0703. The van der Waals surface area contributed by atoms with Crippen molar-refractivity contribution in [3.8, 4) is 5.75 Å². The number of benzene rings is 3. The maximum Gasteiger partial charge on any atom is 0.343 e. The zero-order chi connectivity index (χ0) is 19.2. The SMILES string of the molecule is O=C(Oc1ccc([N+](=O)[O-])cc1)c1ccc(C=Nc2ccc(Cl)cc2)cc1. The summed E-state index contributed by atoms with van der Waals surface area (Å²) in [6.07, 6.45) is 1.68. The second-order valence-corrected chi connectivity index (χ2v) is 5.93. The monoisotopic (exact) mass is 380 g/mol. The Morgan fingerprint density at radius 1 is 0.963 bits per heavy atom. The smallest absolute Gasteiger partial charge is 0.343 e. The van der Waals surface area contributed by atoms with E-state index in [1.54, 1.807) is 54.7 Å². The second-order valence-electron chi connectivity index (χ2n) is 5.50. The van der Waals surface area contributed by atoms with Gasteiger partial charge in [0.1, 0.15) is 5.75 Å². The molecule has 0 saturated carbocycles. The highest BCUT2D eigenvalue weighted by Gasteiger charge is 2.10. The topological polar surface area (TPSA) is 81.8 Å². The fourth-order valence-corrected chi connectivity index (χ4v) is 2.31. The molecule has 0 aliphatic rings. The van der Waals surface area contributed by atoms with Crippen LogP contribution in [0, 0.1) is 10.1 Å². The lowest BCUT2D eigenvalue weighted by molar-refractivity contribution is -0.384. The standard InChI is InChI=1S/C20H13ClN2O4/c21-16-5-7-17(8-6-16)22-13-14-1-3-15(4-2-14)20(24)27-19-11-9-18(10-12-19)23(25)26/h1-13H. The molecule has 0 N–H and O–H groups in total. The summed E-state index contributed by atoms with van der Waals surface area (Å²) in [5.41, 5.74) is 1.87. The van der Waals surface area contributed by atoms with E-state index in [0.29, 0.717) is 10.6 Å². The lowest BCUT2D eigenvalue weighted by atomic mass is 10.1. The number of ether oxygens (including phenoxy) is 1. The van der Waals surface area contributed by atoms with Gasteiger partial charge in [-0.1, -0.05) is 23.7 Å². The lowest BCUT2D eigenvalue weighted by Gasteiger charge is -2.04. The van der Waals surface area contributed by atoms with E-state index in [2.05, 4.69) is 4.99 Å². The fraction of sp³-hybridized carbons (Fsp3) is 0. The van der Waals surface area contributed by atoms with Crippen molar-refractivity contribution >= 4 is 35.2 Å². The van der Waals surface area contributed by atoms with Crippen LogP contribution in [0.25, 0.3) is 0 Å². The molecular weight excluding hydrogens is 368 g/mol. The van der Waals surface area contributed by atoms with Crippen LogP contribution in [-0.4, -0.2) is 17.1 Å². The summed E-state index contributed by atoms with van der Waals surface area (Å²) in [5, 5.41) is 11.3. The van der Waals surface area contributed by atoms with Crippen LogP contribution in [0.5, 0.6) is 5.75 Å². The summed E-state index contributed by atoms with van der Waals surface area (Å²) in [6, 6.07) is 19.1. The highest BCUT2D eigenvalue weighted by Crippen LogP contribution is 2.19.